The van der Waals surface area contributed by atoms with Gasteiger partial charge in [0.25, 0.3) is 5.91 Å². The molecule has 23 heavy (non-hydrogen) atoms. The van der Waals surface area contributed by atoms with E-state index in [0.717, 1.165) is 11.1 Å². The van der Waals surface area contributed by atoms with Crippen LogP contribution in [0.25, 0.3) is 11.5 Å². The molecule has 1 heterocycles. The molecular formula is C17H14BrN3O2. The van der Waals surface area contributed by atoms with Crippen molar-refractivity contribution in [2.24, 2.45) is 0 Å². The highest BCUT2D eigenvalue weighted by molar-refractivity contribution is 9.10. The highest BCUT2D eigenvalue weighted by Crippen LogP contribution is 2.23. The van der Waals surface area contributed by atoms with E-state index in [1.54, 1.807) is 18.2 Å². The summed E-state index contributed by atoms with van der Waals surface area (Å²) < 4.78 is 6.23. The summed E-state index contributed by atoms with van der Waals surface area (Å²) >= 11 is 3.34. The Morgan fingerprint density at radius 3 is 2.61 bits per heavy atom. The Hall–Kier alpha value is -2.47. The second kappa shape index (κ2) is 6.34. The highest BCUT2D eigenvalue weighted by Gasteiger charge is 2.14. The van der Waals surface area contributed by atoms with E-state index in [0.29, 0.717) is 15.9 Å². The summed E-state index contributed by atoms with van der Waals surface area (Å²) in [5.74, 6) is 0.0586. The lowest BCUT2D eigenvalue weighted by atomic mass is 10.1. The number of carbonyl (C=O) groups excluding carboxylic acids is 1. The number of carbonyl (C=O) groups is 1. The zero-order chi connectivity index (χ0) is 16.4. The van der Waals surface area contributed by atoms with Crippen LogP contribution in [0.2, 0.25) is 0 Å². The minimum absolute atomic E-state index is 0.0685. The molecule has 3 rings (SSSR count). The normalized spacial score (nSPS) is 10.6. The molecule has 0 radical (unpaired) electrons. The van der Waals surface area contributed by atoms with Crippen molar-refractivity contribution in [1.82, 2.24) is 10.2 Å². The topological polar surface area (TPSA) is 68.0 Å². The Morgan fingerprint density at radius 2 is 1.87 bits per heavy atom. The average molecular weight is 372 g/mol. The quantitative estimate of drug-likeness (QED) is 0.742. The third-order valence-corrected chi connectivity index (χ3v) is 4.21. The van der Waals surface area contributed by atoms with E-state index >= 15 is 0 Å². The summed E-state index contributed by atoms with van der Waals surface area (Å²) in [4.78, 5) is 12.2. The lowest BCUT2D eigenvalue weighted by Crippen LogP contribution is -2.12. The maximum Gasteiger partial charge on any atom is 0.322 e. The summed E-state index contributed by atoms with van der Waals surface area (Å²) in [7, 11) is 0. The van der Waals surface area contributed by atoms with E-state index in [-0.39, 0.29) is 11.9 Å². The Bertz CT molecular complexity index is 874. The zero-order valence-electron chi connectivity index (χ0n) is 12.6. The van der Waals surface area contributed by atoms with Gasteiger partial charge in [-0.3, -0.25) is 10.1 Å². The number of anilines is 1. The number of nitrogens with one attached hydrogen (secondary N) is 1. The number of aromatic nitrogens is 2. The fourth-order valence-electron chi connectivity index (χ4n) is 2.07. The largest absolute Gasteiger partial charge is 0.403 e. The summed E-state index contributed by atoms with van der Waals surface area (Å²) in [6.45, 7) is 4.06. The van der Waals surface area contributed by atoms with Crippen LogP contribution in [0.3, 0.4) is 0 Å². The molecule has 0 bridgehead atoms. The third-order valence-electron chi connectivity index (χ3n) is 3.52. The number of rotatable bonds is 3. The van der Waals surface area contributed by atoms with Crippen molar-refractivity contribution in [3.63, 3.8) is 0 Å². The number of halogens is 1. The van der Waals surface area contributed by atoms with Crippen molar-refractivity contribution >= 4 is 27.9 Å². The Morgan fingerprint density at radius 1 is 1.09 bits per heavy atom. The zero-order valence-corrected chi connectivity index (χ0v) is 14.2. The third kappa shape index (κ3) is 3.32. The first-order valence-corrected chi connectivity index (χ1v) is 7.81. The molecule has 6 heteroatoms. The monoisotopic (exact) mass is 371 g/mol. The van der Waals surface area contributed by atoms with Gasteiger partial charge >= 0.3 is 6.01 Å². The van der Waals surface area contributed by atoms with E-state index in [1.165, 1.54) is 5.56 Å². The standard InChI is InChI=1S/C17H14BrN3O2/c1-10-7-8-12(9-11(10)2)16-20-21-17(23-16)19-15(22)13-5-3-4-6-14(13)18/h3-9H,1-2H3,(H,19,21,22). The van der Waals surface area contributed by atoms with Crippen molar-refractivity contribution in [2.75, 3.05) is 5.32 Å². The van der Waals surface area contributed by atoms with Gasteiger partial charge in [0.05, 0.1) is 5.56 Å². The predicted octanol–water partition coefficient (Wildman–Crippen LogP) is 4.37. The van der Waals surface area contributed by atoms with Crippen LogP contribution in [0, 0.1) is 13.8 Å². The summed E-state index contributed by atoms with van der Waals surface area (Å²) in [5.41, 5.74) is 3.65. The summed E-state index contributed by atoms with van der Waals surface area (Å²) in [6.07, 6.45) is 0. The van der Waals surface area contributed by atoms with Gasteiger partial charge in [-0.05, 0) is 65.2 Å². The lowest BCUT2D eigenvalue weighted by Gasteiger charge is -2.03. The van der Waals surface area contributed by atoms with Gasteiger partial charge in [0, 0.05) is 10.0 Å². The molecule has 1 amide bonds. The first-order chi connectivity index (χ1) is 11.0. The SMILES string of the molecule is Cc1ccc(-c2nnc(NC(=O)c3ccccc3Br)o2)cc1C. The van der Waals surface area contributed by atoms with Gasteiger partial charge in [0.2, 0.25) is 5.89 Å². The van der Waals surface area contributed by atoms with Crippen LogP contribution in [0.4, 0.5) is 6.01 Å². The average Bonchev–Trinajstić information content (AvgIpc) is 2.99. The molecule has 0 aliphatic carbocycles. The fourth-order valence-corrected chi connectivity index (χ4v) is 2.54. The van der Waals surface area contributed by atoms with Gasteiger partial charge in [-0.25, -0.2) is 0 Å². The number of hydrogen-bond acceptors (Lipinski definition) is 4. The van der Waals surface area contributed by atoms with Crippen LogP contribution in [0.5, 0.6) is 0 Å². The van der Waals surface area contributed by atoms with Gasteiger partial charge in [0.15, 0.2) is 0 Å². The first-order valence-electron chi connectivity index (χ1n) is 7.01. The van der Waals surface area contributed by atoms with Crippen molar-refractivity contribution in [3.8, 4) is 11.5 Å². The van der Waals surface area contributed by atoms with Crippen LogP contribution >= 0.6 is 15.9 Å². The predicted molar refractivity (Wildman–Crippen MR) is 91.3 cm³/mol. The molecule has 0 saturated carbocycles. The van der Waals surface area contributed by atoms with Gasteiger partial charge in [0.1, 0.15) is 0 Å². The molecule has 3 aromatic rings. The van der Waals surface area contributed by atoms with Gasteiger partial charge < -0.3 is 4.42 Å². The first kappa shape index (κ1) is 15.4. The van der Waals surface area contributed by atoms with Crippen molar-refractivity contribution < 1.29 is 9.21 Å². The molecule has 1 N–H and O–H groups in total. The highest BCUT2D eigenvalue weighted by atomic mass is 79.9. The van der Waals surface area contributed by atoms with Gasteiger partial charge in [-0.15, -0.1) is 5.10 Å². The Balaban J connectivity index is 1.81. The molecule has 2 aromatic carbocycles. The molecule has 0 atom stereocenters. The number of amides is 1. The Kier molecular flexibility index (Phi) is 4.25. The van der Waals surface area contributed by atoms with E-state index in [2.05, 4.69) is 31.4 Å². The van der Waals surface area contributed by atoms with Crippen molar-refractivity contribution in [2.45, 2.75) is 13.8 Å². The minimum Gasteiger partial charge on any atom is -0.403 e. The van der Waals surface area contributed by atoms with E-state index in [1.807, 2.05) is 38.1 Å². The number of aryl methyl sites for hydroxylation is 2. The molecule has 0 aliphatic heterocycles. The van der Waals surface area contributed by atoms with E-state index in [9.17, 15) is 4.79 Å². The van der Waals surface area contributed by atoms with Crippen molar-refractivity contribution in [1.29, 1.82) is 0 Å². The minimum atomic E-state index is -0.312. The molecular weight excluding hydrogens is 358 g/mol. The second-order valence-corrected chi connectivity index (χ2v) is 6.00. The maximum absolute atomic E-state index is 12.2. The number of nitrogens with zero attached hydrogens (tertiary/aromatic N) is 2. The van der Waals surface area contributed by atoms with E-state index < -0.39 is 0 Å². The molecule has 116 valence electrons. The second-order valence-electron chi connectivity index (χ2n) is 5.15. The van der Waals surface area contributed by atoms with Gasteiger partial charge in [-0.2, -0.15) is 0 Å². The smallest absolute Gasteiger partial charge is 0.322 e. The van der Waals surface area contributed by atoms with Gasteiger partial charge in [-0.1, -0.05) is 23.3 Å². The summed E-state index contributed by atoms with van der Waals surface area (Å²) in [6, 6.07) is 13.1. The lowest BCUT2D eigenvalue weighted by molar-refractivity contribution is 0.102. The molecule has 1 aromatic heterocycles. The molecule has 0 aliphatic rings. The molecule has 0 spiro atoms. The van der Waals surface area contributed by atoms with Crippen LogP contribution in [-0.2, 0) is 0 Å². The summed E-state index contributed by atoms with van der Waals surface area (Å²) in [5, 5.41) is 10.5. The van der Waals surface area contributed by atoms with Crippen molar-refractivity contribution in [3.05, 3.63) is 63.6 Å². The molecule has 0 unspecified atom stereocenters. The van der Waals surface area contributed by atoms with Crippen LogP contribution in [-0.4, -0.2) is 16.1 Å². The molecule has 0 saturated heterocycles. The van der Waals surface area contributed by atoms with Crippen LogP contribution < -0.4 is 5.32 Å². The number of hydrogen-bond donors (Lipinski definition) is 1. The fraction of sp³-hybridized carbons (Fsp3) is 0.118. The van der Waals surface area contributed by atoms with Crippen LogP contribution in [0.15, 0.2) is 51.4 Å². The number of benzene rings is 2. The van der Waals surface area contributed by atoms with Crippen LogP contribution in [0.1, 0.15) is 21.5 Å². The maximum atomic E-state index is 12.2. The molecule has 0 fully saturated rings. The van der Waals surface area contributed by atoms with E-state index in [4.69, 9.17) is 4.42 Å². The molecule has 5 nitrogen and oxygen atoms in total. The Labute approximate surface area is 141 Å².